The second kappa shape index (κ2) is 17.0. The maximum Gasteiger partial charge on any atom is 3.00 e. The maximum absolute atomic E-state index is 12.4. The summed E-state index contributed by atoms with van der Waals surface area (Å²) < 4.78 is 0. The Morgan fingerprint density at radius 2 is 0.971 bits per heavy atom. The van der Waals surface area contributed by atoms with Gasteiger partial charge in [0.1, 0.15) is 6.54 Å². The Balaban J connectivity index is 0.0000109. The van der Waals surface area contributed by atoms with Crippen LogP contribution in [0.2, 0.25) is 0 Å². The predicted molar refractivity (Wildman–Crippen MR) is 109 cm³/mol. The number of hydrogen-bond donors (Lipinski definition) is 2. The van der Waals surface area contributed by atoms with Crippen LogP contribution in [0.4, 0.5) is 0 Å². The number of carboxylic acids is 4. The third-order valence-electron chi connectivity index (χ3n) is 5.15. The van der Waals surface area contributed by atoms with Crippen LogP contribution < -0.4 is 10.2 Å². The van der Waals surface area contributed by atoms with Gasteiger partial charge in [-0.15, -0.1) is 0 Å². The minimum absolute atomic E-state index is 0. The molecular weight excluding hydrogens is 599 g/mol. The van der Waals surface area contributed by atoms with Gasteiger partial charge in [0.15, 0.2) is 0 Å². The summed E-state index contributed by atoms with van der Waals surface area (Å²) in [6.07, 6.45) is 0. The maximum atomic E-state index is 12.4. The molecule has 1 radical (unpaired) electrons. The number of likely N-dealkylation sites (N-methyl/N-ethyl adjacent to an activating group) is 1. The molecule has 0 atom stereocenters. The van der Waals surface area contributed by atoms with E-state index in [1.807, 2.05) is 0 Å². The quantitative estimate of drug-likeness (QED) is 0.233. The molecule has 193 valence electrons. The van der Waals surface area contributed by atoms with Crippen LogP contribution in [0.15, 0.2) is 0 Å². The van der Waals surface area contributed by atoms with E-state index in [-0.39, 0.29) is 118 Å². The molecule has 15 heteroatoms. The van der Waals surface area contributed by atoms with Crippen molar-refractivity contribution in [1.29, 1.82) is 0 Å². The van der Waals surface area contributed by atoms with Crippen LogP contribution in [0.5, 0.6) is 0 Å². The minimum atomic E-state index is -1.30. The second-order valence-electron chi connectivity index (χ2n) is 7.89. The van der Waals surface area contributed by atoms with E-state index in [9.17, 15) is 39.3 Å². The topological polar surface area (TPSA) is 188 Å². The van der Waals surface area contributed by atoms with E-state index < -0.39 is 36.3 Å². The van der Waals surface area contributed by atoms with E-state index in [2.05, 4.69) is 0 Å². The van der Waals surface area contributed by atoms with Gasteiger partial charge in [-0.3, -0.25) is 34.0 Å². The predicted octanol–water partition coefficient (Wildman–Crippen LogP) is -5.66. The average molecular weight is 631 g/mol. The Morgan fingerprint density at radius 1 is 0.647 bits per heavy atom. The van der Waals surface area contributed by atoms with Crippen molar-refractivity contribution in [3.05, 3.63) is 0 Å². The molecule has 34 heavy (non-hydrogen) atoms. The molecule has 0 bridgehead atoms. The summed E-state index contributed by atoms with van der Waals surface area (Å²) in [5, 5.41) is 40.3. The molecule has 0 saturated carbocycles. The molecule has 0 aromatic heterocycles. The summed E-state index contributed by atoms with van der Waals surface area (Å²) >= 11 is 0. The average Bonchev–Trinajstić information content (AvgIpc) is 2.68. The standard InChI is InChI=1S/C19H33N5O9.Gd/c1-20(11-16(26)27)15(25)10-21-2-4-22(12-17(28)29)6-8-24(14-19(32)33)9-7-23(5-3-21)13-18(30)31;/h2-14H2,1H3,(H,26,27)(H,28,29)(H,30,31)(H,32,33);/q;+3/p-2. The number of aliphatic carboxylic acids is 4. The van der Waals surface area contributed by atoms with Crippen LogP contribution in [0.25, 0.3) is 0 Å². The van der Waals surface area contributed by atoms with Crippen molar-refractivity contribution in [3.8, 4) is 0 Å². The van der Waals surface area contributed by atoms with Crippen molar-refractivity contribution in [2.24, 2.45) is 0 Å². The monoisotopic (exact) mass is 631 g/mol. The van der Waals surface area contributed by atoms with E-state index in [1.165, 1.54) is 7.05 Å². The van der Waals surface area contributed by atoms with E-state index in [0.717, 1.165) is 4.90 Å². The molecule has 1 saturated heterocycles. The van der Waals surface area contributed by atoms with Gasteiger partial charge in [-0.1, -0.05) is 0 Å². The molecule has 0 aliphatic carbocycles. The first-order valence-corrected chi connectivity index (χ1v) is 10.4. The van der Waals surface area contributed by atoms with Crippen LogP contribution >= 0.6 is 0 Å². The molecule has 1 fully saturated rings. The van der Waals surface area contributed by atoms with E-state index in [0.29, 0.717) is 0 Å². The SMILES string of the molecule is CN(CC(=O)O)C(=O)CN1CCN(CC(=O)[O-])CCN(CC(=O)[O-])CCN(CC(=O)O)CC1.[Gd+3]. The molecule has 1 aliphatic rings. The Labute approximate surface area is 229 Å². The third kappa shape index (κ3) is 14.7. The molecule has 1 aliphatic heterocycles. The zero-order valence-electron chi connectivity index (χ0n) is 19.0. The third-order valence-corrected chi connectivity index (χ3v) is 5.15. The number of carbonyl (C=O) groups is 5. The van der Waals surface area contributed by atoms with Gasteiger partial charge < -0.3 is 34.9 Å². The largest absolute Gasteiger partial charge is 3.00 e. The van der Waals surface area contributed by atoms with Gasteiger partial charge in [-0.05, 0) is 0 Å². The molecule has 0 aromatic carbocycles. The molecule has 2 N–H and O–H groups in total. The Hall–Kier alpha value is -1.49. The molecule has 0 aromatic rings. The normalized spacial score (nSPS) is 17.6. The van der Waals surface area contributed by atoms with Crippen molar-refractivity contribution in [3.63, 3.8) is 0 Å². The summed E-state index contributed by atoms with van der Waals surface area (Å²) in [7, 11) is 1.36. The van der Waals surface area contributed by atoms with Crippen molar-refractivity contribution in [1.82, 2.24) is 24.5 Å². The fraction of sp³-hybridized carbons (Fsp3) is 0.737. The molecule has 1 heterocycles. The van der Waals surface area contributed by atoms with E-state index >= 15 is 0 Å². The van der Waals surface area contributed by atoms with E-state index in [4.69, 9.17) is 5.11 Å². The van der Waals surface area contributed by atoms with Gasteiger partial charge in [-0.2, -0.15) is 0 Å². The van der Waals surface area contributed by atoms with E-state index in [1.54, 1.807) is 19.6 Å². The van der Waals surface area contributed by atoms with Gasteiger partial charge in [0, 0.05) is 72.5 Å². The summed E-state index contributed by atoms with van der Waals surface area (Å²) in [6, 6.07) is 0. The number of nitrogens with zero attached hydrogens (tertiary/aromatic N) is 5. The van der Waals surface area contributed by atoms with Gasteiger partial charge in [0.05, 0.1) is 25.0 Å². The zero-order chi connectivity index (χ0) is 25.0. The molecule has 0 unspecified atom stereocenters. The summed E-state index contributed by atoms with van der Waals surface area (Å²) in [6.45, 7) is 0.234. The van der Waals surface area contributed by atoms with Crippen LogP contribution in [0.1, 0.15) is 0 Å². The first-order chi connectivity index (χ1) is 15.5. The summed E-state index contributed by atoms with van der Waals surface area (Å²) in [5.74, 6) is -5.26. The number of carbonyl (C=O) groups excluding carboxylic acids is 3. The molecule has 1 rings (SSSR count). The number of amides is 1. The Bertz CT molecular complexity index is 680. The van der Waals surface area contributed by atoms with Crippen molar-refractivity contribution < 1.29 is 84.3 Å². The summed E-state index contributed by atoms with van der Waals surface area (Å²) in [5.41, 5.74) is 0. The van der Waals surface area contributed by atoms with Gasteiger partial charge in [0.25, 0.3) is 0 Å². The minimum Gasteiger partial charge on any atom is -0.549 e. The van der Waals surface area contributed by atoms with Gasteiger partial charge >= 0.3 is 51.9 Å². The first-order valence-electron chi connectivity index (χ1n) is 10.4. The Kier molecular flexibility index (Phi) is 16.3. The number of hydrogen-bond acceptors (Lipinski definition) is 11. The number of carboxylic acid groups (broad SMARTS) is 4. The van der Waals surface area contributed by atoms with Gasteiger partial charge in [-0.25, -0.2) is 0 Å². The van der Waals surface area contributed by atoms with Crippen LogP contribution in [0, 0.1) is 39.9 Å². The smallest absolute Gasteiger partial charge is 0.549 e. The van der Waals surface area contributed by atoms with Crippen LogP contribution in [-0.2, 0) is 24.0 Å². The first kappa shape index (κ1) is 32.5. The molecule has 14 nitrogen and oxygen atoms in total. The van der Waals surface area contributed by atoms with Gasteiger partial charge in [0.2, 0.25) is 5.91 Å². The number of rotatable bonds is 10. The fourth-order valence-electron chi connectivity index (χ4n) is 3.37. The van der Waals surface area contributed by atoms with Crippen LogP contribution in [0.3, 0.4) is 0 Å². The molecule has 0 spiro atoms. The molecular formula is C19H31GdN5O9+. The van der Waals surface area contributed by atoms with Crippen molar-refractivity contribution >= 4 is 29.8 Å². The summed E-state index contributed by atoms with van der Waals surface area (Å²) in [4.78, 5) is 64.2. The zero-order valence-corrected chi connectivity index (χ0v) is 21.3. The van der Waals surface area contributed by atoms with Crippen molar-refractivity contribution in [2.75, 3.05) is 92.1 Å². The molecule has 1 amide bonds. The fourth-order valence-corrected chi connectivity index (χ4v) is 3.37. The Morgan fingerprint density at radius 3 is 1.26 bits per heavy atom. The van der Waals surface area contributed by atoms with Crippen LogP contribution in [-0.4, -0.2) is 157 Å². The second-order valence-corrected chi connectivity index (χ2v) is 7.89. The van der Waals surface area contributed by atoms with Crippen molar-refractivity contribution in [2.45, 2.75) is 0 Å².